The molecule has 1 amide bonds. The Balaban J connectivity index is 1.72. The average Bonchev–Trinajstić information content (AvgIpc) is 2.52. The molecule has 116 valence electrons. The Morgan fingerprint density at radius 2 is 2.05 bits per heavy atom. The van der Waals surface area contributed by atoms with Crippen molar-refractivity contribution in [3.05, 3.63) is 30.1 Å². The molecular formula is C17H24FNO2. The topological polar surface area (TPSA) is 29.5 Å². The van der Waals surface area contributed by atoms with Crippen molar-refractivity contribution in [1.29, 1.82) is 0 Å². The Bertz CT molecular complexity index is 456. The highest BCUT2D eigenvalue weighted by Crippen LogP contribution is 2.21. The number of unbranched alkanes of at least 4 members (excludes halogenated alkanes) is 1. The van der Waals surface area contributed by atoms with Crippen LogP contribution in [-0.2, 0) is 4.79 Å². The van der Waals surface area contributed by atoms with E-state index in [0.717, 1.165) is 38.8 Å². The van der Waals surface area contributed by atoms with Crippen LogP contribution in [0, 0.1) is 11.7 Å². The summed E-state index contributed by atoms with van der Waals surface area (Å²) in [5, 5.41) is 0. The second kappa shape index (κ2) is 8.01. The van der Waals surface area contributed by atoms with Crippen LogP contribution >= 0.6 is 0 Å². The largest absolute Gasteiger partial charge is 0.490 e. The van der Waals surface area contributed by atoms with Gasteiger partial charge in [-0.2, -0.15) is 0 Å². The first kappa shape index (κ1) is 15.8. The molecule has 0 saturated carbocycles. The van der Waals surface area contributed by atoms with Gasteiger partial charge in [0.1, 0.15) is 0 Å². The molecule has 3 nitrogen and oxygen atoms in total. The van der Waals surface area contributed by atoms with E-state index in [0.29, 0.717) is 24.7 Å². The van der Waals surface area contributed by atoms with Crippen molar-refractivity contribution < 1.29 is 13.9 Å². The van der Waals surface area contributed by atoms with Gasteiger partial charge in [-0.3, -0.25) is 4.79 Å². The maximum Gasteiger partial charge on any atom is 0.222 e. The van der Waals surface area contributed by atoms with Gasteiger partial charge in [0.25, 0.3) is 0 Å². The molecule has 0 aromatic heterocycles. The molecule has 0 atom stereocenters. The second-order valence-corrected chi connectivity index (χ2v) is 5.67. The van der Waals surface area contributed by atoms with Gasteiger partial charge in [-0.05, 0) is 37.3 Å². The van der Waals surface area contributed by atoms with Crippen LogP contribution in [0.15, 0.2) is 24.3 Å². The maximum absolute atomic E-state index is 13.5. The standard InChI is InChI=1S/C17H24FNO2/c1-2-3-8-17(20)19-11-9-14(10-12-19)13-21-16-7-5-4-6-15(16)18/h4-7,14H,2-3,8-13H2,1H3. The minimum Gasteiger partial charge on any atom is -0.490 e. The number of para-hydroxylation sites is 1. The molecule has 2 rings (SSSR count). The Kier molecular flexibility index (Phi) is 6.03. The SMILES string of the molecule is CCCCC(=O)N1CCC(COc2ccccc2F)CC1. The molecule has 0 N–H and O–H groups in total. The van der Waals surface area contributed by atoms with Crippen molar-refractivity contribution in [2.24, 2.45) is 5.92 Å². The number of nitrogens with zero attached hydrogens (tertiary/aromatic N) is 1. The molecule has 1 heterocycles. The summed E-state index contributed by atoms with van der Waals surface area (Å²) < 4.78 is 19.0. The van der Waals surface area contributed by atoms with Gasteiger partial charge in [-0.1, -0.05) is 25.5 Å². The quantitative estimate of drug-likeness (QED) is 0.801. The summed E-state index contributed by atoms with van der Waals surface area (Å²) in [6, 6.07) is 6.49. The minimum atomic E-state index is -0.315. The number of ether oxygens (including phenoxy) is 1. The van der Waals surface area contributed by atoms with Crippen LogP contribution in [0.2, 0.25) is 0 Å². The van der Waals surface area contributed by atoms with Crippen LogP contribution < -0.4 is 4.74 Å². The van der Waals surface area contributed by atoms with Crippen molar-refractivity contribution >= 4 is 5.91 Å². The smallest absolute Gasteiger partial charge is 0.222 e. The third-order valence-corrected chi connectivity index (χ3v) is 4.02. The number of amides is 1. The molecule has 1 aliphatic rings. The molecule has 1 saturated heterocycles. The molecule has 1 aromatic rings. The number of hydrogen-bond donors (Lipinski definition) is 0. The van der Waals surface area contributed by atoms with Gasteiger partial charge in [0, 0.05) is 19.5 Å². The summed E-state index contributed by atoms with van der Waals surface area (Å²) in [6.07, 6.45) is 4.55. The number of carbonyl (C=O) groups is 1. The third-order valence-electron chi connectivity index (χ3n) is 4.02. The Labute approximate surface area is 126 Å². The number of halogens is 1. The highest BCUT2D eigenvalue weighted by atomic mass is 19.1. The minimum absolute atomic E-state index is 0.269. The molecule has 0 aliphatic carbocycles. The Hall–Kier alpha value is -1.58. The number of piperidine rings is 1. The highest BCUT2D eigenvalue weighted by molar-refractivity contribution is 5.76. The maximum atomic E-state index is 13.5. The monoisotopic (exact) mass is 293 g/mol. The van der Waals surface area contributed by atoms with Gasteiger partial charge in [-0.25, -0.2) is 4.39 Å². The predicted molar refractivity (Wildman–Crippen MR) is 80.7 cm³/mol. The van der Waals surface area contributed by atoms with E-state index in [1.807, 2.05) is 4.90 Å². The molecule has 21 heavy (non-hydrogen) atoms. The Morgan fingerprint density at radius 1 is 1.33 bits per heavy atom. The second-order valence-electron chi connectivity index (χ2n) is 5.67. The first-order chi connectivity index (χ1) is 10.2. The summed E-state index contributed by atoms with van der Waals surface area (Å²) in [6.45, 7) is 4.22. The fourth-order valence-electron chi connectivity index (χ4n) is 2.60. The molecule has 1 aromatic carbocycles. The van der Waals surface area contributed by atoms with Crippen molar-refractivity contribution in [1.82, 2.24) is 4.90 Å². The fourth-order valence-corrected chi connectivity index (χ4v) is 2.60. The third kappa shape index (κ3) is 4.73. The van der Waals surface area contributed by atoms with E-state index in [1.54, 1.807) is 18.2 Å². The lowest BCUT2D eigenvalue weighted by atomic mass is 9.97. The van der Waals surface area contributed by atoms with Gasteiger partial charge < -0.3 is 9.64 Å². The molecule has 0 radical (unpaired) electrons. The lowest BCUT2D eigenvalue weighted by Crippen LogP contribution is -2.39. The van der Waals surface area contributed by atoms with Gasteiger partial charge in [0.05, 0.1) is 6.61 Å². The van der Waals surface area contributed by atoms with E-state index in [2.05, 4.69) is 6.92 Å². The molecular weight excluding hydrogens is 269 g/mol. The molecule has 4 heteroatoms. The zero-order valence-corrected chi connectivity index (χ0v) is 12.7. The number of benzene rings is 1. The van der Waals surface area contributed by atoms with Crippen molar-refractivity contribution in [2.45, 2.75) is 39.0 Å². The lowest BCUT2D eigenvalue weighted by Gasteiger charge is -2.32. The van der Waals surface area contributed by atoms with E-state index >= 15 is 0 Å². The first-order valence-corrected chi connectivity index (χ1v) is 7.85. The predicted octanol–water partition coefficient (Wildman–Crippen LogP) is 3.63. The van der Waals surface area contributed by atoms with Gasteiger partial charge in [-0.15, -0.1) is 0 Å². The van der Waals surface area contributed by atoms with E-state index < -0.39 is 0 Å². The summed E-state index contributed by atoms with van der Waals surface area (Å²) in [5.41, 5.74) is 0. The van der Waals surface area contributed by atoms with E-state index in [9.17, 15) is 9.18 Å². The van der Waals surface area contributed by atoms with Crippen LogP contribution in [0.5, 0.6) is 5.75 Å². The zero-order chi connectivity index (χ0) is 15.1. The van der Waals surface area contributed by atoms with Crippen molar-refractivity contribution in [3.8, 4) is 5.75 Å². The highest BCUT2D eigenvalue weighted by Gasteiger charge is 2.22. The number of hydrogen-bond acceptors (Lipinski definition) is 2. The first-order valence-electron chi connectivity index (χ1n) is 7.85. The summed E-state index contributed by atoms with van der Waals surface area (Å²) in [7, 11) is 0. The van der Waals surface area contributed by atoms with Gasteiger partial charge >= 0.3 is 0 Å². The average molecular weight is 293 g/mol. The number of carbonyl (C=O) groups excluding carboxylic acids is 1. The fraction of sp³-hybridized carbons (Fsp3) is 0.588. The molecule has 1 fully saturated rings. The van der Waals surface area contributed by atoms with E-state index in [4.69, 9.17) is 4.74 Å². The van der Waals surface area contributed by atoms with Crippen LogP contribution in [0.4, 0.5) is 4.39 Å². The Morgan fingerprint density at radius 3 is 2.71 bits per heavy atom. The molecule has 0 spiro atoms. The van der Waals surface area contributed by atoms with Crippen molar-refractivity contribution in [3.63, 3.8) is 0 Å². The zero-order valence-electron chi connectivity index (χ0n) is 12.7. The van der Waals surface area contributed by atoms with E-state index in [-0.39, 0.29) is 11.7 Å². The number of likely N-dealkylation sites (tertiary alicyclic amines) is 1. The number of rotatable bonds is 6. The molecule has 1 aliphatic heterocycles. The lowest BCUT2D eigenvalue weighted by molar-refractivity contribution is -0.132. The van der Waals surface area contributed by atoms with Crippen LogP contribution in [0.1, 0.15) is 39.0 Å². The van der Waals surface area contributed by atoms with Crippen LogP contribution in [0.25, 0.3) is 0 Å². The summed E-state index contributed by atoms with van der Waals surface area (Å²) >= 11 is 0. The summed E-state index contributed by atoms with van der Waals surface area (Å²) in [5.74, 6) is 0.675. The van der Waals surface area contributed by atoms with Crippen molar-refractivity contribution in [2.75, 3.05) is 19.7 Å². The van der Waals surface area contributed by atoms with Crippen LogP contribution in [-0.4, -0.2) is 30.5 Å². The van der Waals surface area contributed by atoms with Gasteiger partial charge in [0.15, 0.2) is 11.6 Å². The molecule has 0 unspecified atom stereocenters. The van der Waals surface area contributed by atoms with E-state index in [1.165, 1.54) is 6.07 Å². The molecule has 0 bridgehead atoms. The van der Waals surface area contributed by atoms with Gasteiger partial charge in [0.2, 0.25) is 5.91 Å². The normalized spacial score (nSPS) is 16.0. The van der Waals surface area contributed by atoms with Crippen LogP contribution in [0.3, 0.4) is 0 Å². The summed E-state index contributed by atoms with van der Waals surface area (Å²) in [4.78, 5) is 13.9.